The summed E-state index contributed by atoms with van der Waals surface area (Å²) in [6, 6.07) is 8.54. The van der Waals surface area contributed by atoms with E-state index in [1.807, 2.05) is 12.1 Å². The molecule has 0 radical (unpaired) electrons. The molecule has 7 nitrogen and oxygen atoms in total. The molecule has 0 aromatic heterocycles. The van der Waals surface area contributed by atoms with Gasteiger partial charge in [0.2, 0.25) is 0 Å². The Balaban J connectivity index is 0.000000658. The van der Waals surface area contributed by atoms with E-state index in [1.54, 1.807) is 28.4 Å². The van der Waals surface area contributed by atoms with Crippen molar-refractivity contribution in [1.29, 1.82) is 0 Å². The first-order valence-corrected chi connectivity index (χ1v) is 12.6. The lowest BCUT2D eigenvalue weighted by molar-refractivity contribution is -0.108. The van der Waals surface area contributed by atoms with Gasteiger partial charge >= 0.3 is 0 Å². The normalized spacial score (nSPS) is 15.1. The van der Waals surface area contributed by atoms with E-state index in [2.05, 4.69) is 31.0 Å². The van der Waals surface area contributed by atoms with E-state index in [4.69, 9.17) is 24.7 Å². The van der Waals surface area contributed by atoms with E-state index < -0.39 is 0 Å². The van der Waals surface area contributed by atoms with Crippen molar-refractivity contribution in [2.75, 3.05) is 42.0 Å². The van der Waals surface area contributed by atoms with Crippen LogP contribution >= 0.6 is 0 Å². The first kappa shape index (κ1) is 27.6. The van der Waals surface area contributed by atoms with Gasteiger partial charge in [0.15, 0.2) is 23.0 Å². The van der Waals surface area contributed by atoms with Gasteiger partial charge in [0, 0.05) is 19.0 Å². The van der Waals surface area contributed by atoms with E-state index >= 15 is 0 Å². The highest BCUT2D eigenvalue weighted by atomic mass is 16.5. The van der Waals surface area contributed by atoms with Crippen LogP contribution in [0.1, 0.15) is 43.7 Å². The van der Waals surface area contributed by atoms with Crippen molar-refractivity contribution < 1.29 is 23.7 Å². The molecule has 3 aromatic rings. The van der Waals surface area contributed by atoms with Crippen molar-refractivity contribution >= 4 is 27.8 Å². The van der Waals surface area contributed by atoms with Crippen molar-refractivity contribution in [3.05, 3.63) is 35.4 Å². The molecule has 1 aliphatic heterocycles. The molecule has 1 unspecified atom stereocenters. The van der Waals surface area contributed by atoms with E-state index in [1.165, 1.54) is 24.0 Å². The molecule has 1 aliphatic rings. The average Bonchev–Trinajstić information content (AvgIpc) is 2.91. The summed E-state index contributed by atoms with van der Waals surface area (Å²) in [5.74, 6) is 2.80. The Morgan fingerprint density at radius 1 is 0.861 bits per heavy atom. The van der Waals surface area contributed by atoms with Gasteiger partial charge in [0.1, 0.15) is 6.29 Å². The summed E-state index contributed by atoms with van der Waals surface area (Å²) in [6.45, 7) is 3.78. The second kappa shape index (κ2) is 12.8. The number of hydrogen-bond acceptors (Lipinski definition) is 7. The maximum atomic E-state index is 11.0. The summed E-state index contributed by atoms with van der Waals surface area (Å²) >= 11 is 0. The third-order valence-corrected chi connectivity index (χ3v) is 7.00. The van der Waals surface area contributed by atoms with Crippen LogP contribution in [-0.2, 0) is 17.8 Å². The van der Waals surface area contributed by atoms with Gasteiger partial charge in [0.05, 0.1) is 28.4 Å². The lowest BCUT2D eigenvalue weighted by atomic mass is 9.84. The topological polar surface area (TPSA) is 83.2 Å². The molecule has 196 valence electrons. The first-order chi connectivity index (χ1) is 17.5. The number of hydrogen-bond donors (Lipinski definition) is 1. The number of likely N-dealkylation sites (N-methyl/N-ethyl adjacent to an activating group) is 1. The number of aldehydes is 1. The Hall–Kier alpha value is -3.03. The monoisotopic (exact) mass is 496 g/mol. The van der Waals surface area contributed by atoms with Crippen LogP contribution in [-0.4, -0.2) is 59.3 Å². The van der Waals surface area contributed by atoms with Gasteiger partial charge in [-0.1, -0.05) is 13.3 Å². The number of unbranched alkanes of at least 4 members (excludes halogenated alkanes) is 1. The van der Waals surface area contributed by atoms with Gasteiger partial charge in [0.25, 0.3) is 0 Å². The fourth-order valence-electron chi connectivity index (χ4n) is 5.00. The predicted molar refractivity (Wildman–Crippen MR) is 146 cm³/mol. The summed E-state index contributed by atoms with van der Waals surface area (Å²) in [7, 11) is 8.75. The van der Waals surface area contributed by atoms with E-state index in [9.17, 15) is 4.79 Å². The van der Waals surface area contributed by atoms with Crippen LogP contribution < -0.4 is 24.7 Å². The van der Waals surface area contributed by atoms with Gasteiger partial charge in [-0.25, -0.2) is 0 Å². The molecular formula is C29H40N2O5. The van der Waals surface area contributed by atoms with Crippen molar-refractivity contribution in [3.8, 4) is 23.0 Å². The summed E-state index contributed by atoms with van der Waals surface area (Å²) < 4.78 is 22.4. The lowest BCUT2D eigenvalue weighted by Gasteiger charge is -2.36. The summed E-state index contributed by atoms with van der Waals surface area (Å²) in [5, 5.41) is 4.47. The Labute approximate surface area is 214 Å². The van der Waals surface area contributed by atoms with Gasteiger partial charge in [-0.15, -0.1) is 0 Å². The SMILES string of the molecule is CCCCN.COc1cc2c3c(c4cc(OC)c(OC)cc4c2cc1OC)CN(C)C(CCC=O)C3. The minimum atomic E-state index is 0.312. The Kier molecular flexibility index (Phi) is 9.79. The number of methoxy groups -OCH3 is 4. The third-order valence-electron chi connectivity index (χ3n) is 7.00. The number of carbonyl (C=O) groups excluding carboxylic acids is 1. The van der Waals surface area contributed by atoms with Crippen LogP contribution in [0.4, 0.5) is 0 Å². The Morgan fingerprint density at radius 3 is 1.72 bits per heavy atom. The minimum Gasteiger partial charge on any atom is -0.493 e. The molecule has 1 atom stereocenters. The lowest BCUT2D eigenvalue weighted by Crippen LogP contribution is -2.37. The Morgan fingerprint density at radius 2 is 1.33 bits per heavy atom. The highest BCUT2D eigenvalue weighted by Crippen LogP contribution is 2.45. The molecule has 3 aromatic carbocycles. The van der Waals surface area contributed by atoms with Gasteiger partial charge in [-0.05, 0) is 89.8 Å². The van der Waals surface area contributed by atoms with E-state index in [0.29, 0.717) is 35.5 Å². The molecule has 0 saturated heterocycles. The minimum absolute atomic E-state index is 0.312. The van der Waals surface area contributed by atoms with Crippen LogP contribution in [0.3, 0.4) is 0 Å². The first-order valence-electron chi connectivity index (χ1n) is 12.6. The molecule has 0 fully saturated rings. The maximum absolute atomic E-state index is 11.0. The molecule has 0 amide bonds. The van der Waals surface area contributed by atoms with Gasteiger partial charge < -0.3 is 29.5 Å². The number of nitrogens with zero attached hydrogens (tertiary/aromatic N) is 1. The van der Waals surface area contributed by atoms with Gasteiger partial charge in [-0.2, -0.15) is 0 Å². The molecule has 0 saturated carbocycles. The van der Waals surface area contributed by atoms with Crippen LogP contribution in [0.5, 0.6) is 23.0 Å². The number of benzene rings is 3. The van der Waals surface area contributed by atoms with Crippen LogP contribution in [0.15, 0.2) is 24.3 Å². The molecule has 0 spiro atoms. The quantitative estimate of drug-likeness (QED) is 0.326. The summed E-state index contributed by atoms with van der Waals surface area (Å²) in [6.07, 6.45) is 5.68. The molecular weight excluding hydrogens is 456 g/mol. The number of nitrogens with two attached hydrogens (primary N) is 1. The highest BCUT2D eigenvalue weighted by Gasteiger charge is 2.28. The van der Waals surface area contributed by atoms with E-state index in [0.717, 1.165) is 53.8 Å². The van der Waals surface area contributed by atoms with Gasteiger partial charge in [-0.3, -0.25) is 4.90 Å². The van der Waals surface area contributed by atoms with Crippen LogP contribution in [0, 0.1) is 0 Å². The molecule has 0 bridgehead atoms. The van der Waals surface area contributed by atoms with Crippen molar-refractivity contribution in [2.24, 2.45) is 5.73 Å². The second-order valence-corrected chi connectivity index (χ2v) is 9.12. The number of ether oxygens (including phenoxy) is 4. The molecule has 36 heavy (non-hydrogen) atoms. The van der Waals surface area contributed by atoms with Crippen molar-refractivity contribution in [3.63, 3.8) is 0 Å². The zero-order valence-corrected chi connectivity index (χ0v) is 22.5. The summed E-state index contributed by atoms with van der Waals surface area (Å²) in [5.41, 5.74) is 7.71. The number of carbonyl (C=O) groups is 1. The smallest absolute Gasteiger partial charge is 0.161 e. The zero-order chi connectivity index (χ0) is 26.2. The predicted octanol–water partition coefficient (Wildman–Crippen LogP) is 5.11. The number of fused-ring (bicyclic) bond motifs is 6. The average molecular weight is 497 g/mol. The molecule has 0 aliphatic carbocycles. The molecule has 7 heteroatoms. The molecule has 4 rings (SSSR count). The second-order valence-electron chi connectivity index (χ2n) is 9.12. The number of rotatable bonds is 9. The fraction of sp³-hybridized carbons (Fsp3) is 0.483. The van der Waals surface area contributed by atoms with E-state index in [-0.39, 0.29) is 0 Å². The summed E-state index contributed by atoms with van der Waals surface area (Å²) in [4.78, 5) is 13.3. The third kappa shape index (κ3) is 5.52. The molecule has 2 N–H and O–H groups in total. The Bertz CT molecular complexity index is 1190. The van der Waals surface area contributed by atoms with Crippen molar-refractivity contribution in [2.45, 2.75) is 51.6 Å². The molecule has 1 heterocycles. The fourth-order valence-corrected chi connectivity index (χ4v) is 5.00. The van der Waals surface area contributed by atoms with Crippen molar-refractivity contribution in [1.82, 2.24) is 4.90 Å². The highest BCUT2D eigenvalue weighted by molar-refractivity contribution is 6.12. The largest absolute Gasteiger partial charge is 0.493 e. The zero-order valence-electron chi connectivity index (χ0n) is 22.5. The van der Waals surface area contributed by atoms with Crippen LogP contribution in [0.2, 0.25) is 0 Å². The standard InChI is InChI=1S/C25H29NO5.C4H11N/c1-26-14-21-16(9-15(26)7-6-8-27)17-10-22(28-2)23(29-3)11-18(17)19-12-24(30-4)25(31-5)13-20(19)21;1-2-3-4-5/h8,10-13,15H,6-7,9,14H2,1-5H3;2-5H2,1H3. The van der Waals surface area contributed by atoms with Crippen LogP contribution in [0.25, 0.3) is 21.5 Å². The maximum Gasteiger partial charge on any atom is 0.161 e.